The maximum atomic E-state index is 12.1. The maximum Gasteiger partial charge on any atom is 0.303 e. The first-order valence-electron chi connectivity index (χ1n) is 7.44. The lowest BCUT2D eigenvalue weighted by atomic mass is 10.1. The van der Waals surface area contributed by atoms with Crippen molar-refractivity contribution in [2.24, 2.45) is 0 Å². The molecule has 0 aliphatic heterocycles. The zero-order valence-electron chi connectivity index (χ0n) is 13.9. The fourth-order valence-corrected chi connectivity index (χ4v) is 9.57. The first-order chi connectivity index (χ1) is 9.01. The summed E-state index contributed by atoms with van der Waals surface area (Å²) >= 11 is 0. The van der Waals surface area contributed by atoms with Gasteiger partial charge in [-0.2, -0.15) is 0 Å². The van der Waals surface area contributed by atoms with E-state index < -0.39 is 14.3 Å². The molecule has 0 radical (unpaired) electrons. The molecule has 0 aliphatic rings. The summed E-state index contributed by atoms with van der Waals surface area (Å²) in [6.45, 7) is 14.9. The second-order valence-electron chi connectivity index (χ2n) is 6.71. The van der Waals surface area contributed by atoms with E-state index in [0.717, 1.165) is 6.42 Å². The summed E-state index contributed by atoms with van der Waals surface area (Å²) in [4.78, 5) is 22.7. The second-order valence-corrected chi connectivity index (χ2v) is 12.2. The van der Waals surface area contributed by atoms with Crippen molar-refractivity contribution in [3.8, 4) is 0 Å². The molecule has 0 bridgehead atoms. The quantitative estimate of drug-likeness (QED) is 0.677. The molecule has 0 saturated carbocycles. The SMILES string of the molecule is CCC(C)(C)[Si](OC(=O)CCC(=O)O)(C(C)C)C(C)C. The van der Waals surface area contributed by atoms with Gasteiger partial charge in [-0.05, 0) is 16.1 Å². The highest BCUT2D eigenvalue weighted by molar-refractivity contribution is 6.80. The van der Waals surface area contributed by atoms with E-state index in [1.165, 1.54) is 0 Å². The Kier molecular flexibility index (Phi) is 6.94. The minimum Gasteiger partial charge on any atom is -0.518 e. The van der Waals surface area contributed by atoms with Gasteiger partial charge in [0.05, 0.1) is 12.8 Å². The number of carboxylic acids is 1. The summed E-state index contributed by atoms with van der Waals surface area (Å²) in [5.74, 6) is -1.32. The first kappa shape index (κ1) is 19.2. The fraction of sp³-hybridized carbons (Fsp3) is 0.867. The van der Waals surface area contributed by atoms with E-state index in [4.69, 9.17) is 9.53 Å². The molecule has 5 heteroatoms. The number of hydrogen-bond donors (Lipinski definition) is 1. The number of carboxylic acid groups (broad SMARTS) is 1. The van der Waals surface area contributed by atoms with Crippen molar-refractivity contribution in [3.63, 3.8) is 0 Å². The predicted octanol–water partition coefficient (Wildman–Crippen LogP) is 4.35. The van der Waals surface area contributed by atoms with Crippen LogP contribution < -0.4 is 0 Å². The Labute approximate surface area is 124 Å². The number of carbonyl (C=O) groups is 2. The molecule has 0 aromatic heterocycles. The third kappa shape index (κ3) is 4.07. The molecule has 0 heterocycles. The third-order valence-corrected chi connectivity index (χ3v) is 10.9. The molecule has 0 rings (SSSR count). The van der Waals surface area contributed by atoms with Crippen LogP contribution >= 0.6 is 0 Å². The summed E-state index contributed by atoms with van der Waals surface area (Å²) in [7, 11) is -2.36. The van der Waals surface area contributed by atoms with Gasteiger partial charge in [-0.3, -0.25) is 9.59 Å². The predicted molar refractivity (Wildman–Crippen MR) is 83.2 cm³/mol. The highest BCUT2D eigenvalue weighted by Crippen LogP contribution is 2.53. The summed E-state index contributed by atoms with van der Waals surface area (Å²) in [6, 6.07) is 0. The summed E-state index contributed by atoms with van der Waals surface area (Å²) < 4.78 is 6.00. The van der Waals surface area contributed by atoms with E-state index in [2.05, 4.69) is 48.5 Å². The second kappa shape index (κ2) is 7.25. The highest BCUT2D eigenvalue weighted by Gasteiger charge is 2.55. The van der Waals surface area contributed by atoms with Gasteiger partial charge in [0.2, 0.25) is 0 Å². The average molecular weight is 302 g/mol. The zero-order chi connectivity index (χ0) is 16.1. The van der Waals surface area contributed by atoms with Crippen LogP contribution in [0.3, 0.4) is 0 Å². The van der Waals surface area contributed by atoms with E-state index in [0.29, 0.717) is 11.1 Å². The van der Waals surface area contributed by atoms with Gasteiger partial charge in [0.25, 0.3) is 14.3 Å². The lowest BCUT2D eigenvalue weighted by Gasteiger charge is -2.48. The molecule has 20 heavy (non-hydrogen) atoms. The van der Waals surface area contributed by atoms with Crippen LogP contribution in [0, 0.1) is 0 Å². The van der Waals surface area contributed by atoms with Gasteiger partial charge < -0.3 is 9.53 Å². The van der Waals surface area contributed by atoms with E-state index in [-0.39, 0.29) is 23.8 Å². The van der Waals surface area contributed by atoms with E-state index in [1.807, 2.05) is 0 Å². The van der Waals surface area contributed by atoms with E-state index in [9.17, 15) is 9.59 Å². The fourth-order valence-electron chi connectivity index (χ4n) is 3.33. The van der Waals surface area contributed by atoms with Crippen LogP contribution in [0.5, 0.6) is 0 Å². The van der Waals surface area contributed by atoms with Crippen LogP contribution in [0.25, 0.3) is 0 Å². The standard InChI is InChI=1S/C15H30O4Si/c1-8-15(6,7)20(11(2)3,12(4)5)19-14(18)10-9-13(16)17/h11-12H,8-10H2,1-7H3,(H,16,17). The molecule has 1 N–H and O–H groups in total. The van der Waals surface area contributed by atoms with Gasteiger partial charge >= 0.3 is 5.97 Å². The molecule has 0 amide bonds. The Morgan fingerprint density at radius 1 is 1.10 bits per heavy atom. The molecule has 0 aliphatic carbocycles. The Balaban J connectivity index is 5.33. The van der Waals surface area contributed by atoms with E-state index >= 15 is 0 Å². The van der Waals surface area contributed by atoms with Gasteiger partial charge in [0.1, 0.15) is 0 Å². The van der Waals surface area contributed by atoms with Gasteiger partial charge in [0.15, 0.2) is 0 Å². The Bertz CT molecular complexity index is 340. The summed E-state index contributed by atoms with van der Waals surface area (Å²) in [5.41, 5.74) is 0.595. The van der Waals surface area contributed by atoms with Crippen LogP contribution in [0.15, 0.2) is 0 Å². The number of rotatable bonds is 8. The largest absolute Gasteiger partial charge is 0.518 e. The van der Waals surface area contributed by atoms with Crippen molar-refractivity contribution >= 4 is 20.3 Å². The molecule has 0 fully saturated rings. The van der Waals surface area contributed by atoms with Crippen LogP contribution in [0.4, 0.5) is 0 Å². The smallest absolute Gasteiger partial charge is 0.303 e. The summed E-state index contributed by atoms with van der Waals surface area (Å²) in [5, 5.41) is 8.66. The third-order valence-electron chi connectivity index (χ3n) is 4.48. The molecule has 0 spiro atoms. The van der Waals surface area contributed by atoms with Crippen molar-refractivity contribution in [2.45, 2.75) is 83.8 Å². The van der Waals surface area contributed by atoms with E-state index in [1.54, 1.807) is 0 Å². The first-order valence-corrected chi connectivity index (χ1v) is 9.51. The molecular formula is C15H30O4Si. The van der Waals surface area contributed by atoms with Crippen molar-refractivity contribution < 1.29 is 19.1 Å². The summed E-state index contributed by atoms with van der Waals surface area (Å²) in [6.07, 6.45) is 0.747. The molecule has 0 aromatic rings. The van der Waals surface area contributed by atoms with Crippen LogP contribution in [-0.4, -0.2) is 25.4 Å². The van der Waals surface area contributed by atoms with Crippen molar-refractivity contribution in [1.29, 1.82) is 0 Å². The normalized spacial score (nSPS) is 12.8. The Morgan fingerprint density at radius 3 is 1.85 bits per heavy atom. The number of carbonyl (C=O) groups excluding carboxylic acids is 1. The minimum atomic E-state index is -2.36. The van der Waals surface area contributed by atoms with Gasteiger partial charge in [-0.15, -0.1) is 0 Å². The van der Waals surface area contributed by atoms with Crippen LogP contribution in [0.2, 0.25) is 16.1 Å². The molecule has 0 saturated heterocycles. The van der Waals surface area contributed by atoms with Gasteiger partial charge in [-0.25, -0.2) is 0 Å². The monoisotopic (exact) mass is 302 g/mol. The topological polar surface area (TPSA) is 63.6 Å². The Morgan fingerprint density at radius 2 is 1.55 bits per heavy atom. The number of hydrogen-bond acceptors (Lipinski definition) is 3. The lowest BCUT2D eigenvalue weighted by Crippen LogP contribution is -2.54. The van der Waals surface area contributed by atoms with Crippen molar-refractivity contribution in [1.82, 2.24) is 0 Å². The Hall–Kier alpha value is -0.843. The van der Waals surface area contributed by atoms with Crippen molar-refractivity contribution in [2.75, 3.05) is 0 Å². The minimum absolute atomic E-state index is 0.0335. The number of aliphatic carboxylic acids is 1. The highest BCUT2D eigenvalue weighted by atomic mass is 28.4. The molecule has 0 aromatic carbocycles. The van der Waals surface area contributed by atoms with Crippen LogP contribution in [0.1, 0.15) is 67.7 Å². The van der Waals surface area contributed by atoms with Gasteiger partial charge in [-0.1, -0.05) is 54.9 Å². The van der Waals surface area contributed by atoms with Crippen molar-refractivity contribution in [3.05, 3.63) is 0 Å². The lowest BCUT2D eigenvalue weighted by molar-refractivity contribution is -0.143. The molecule has 4 nitrogen and oxygen atoms in total. The van der Waals surface area contributed by atoms with Gasteiger partial charge in [0, 0.05) is 0 Å². The zero-order valence-corrected chi connectivity index (χ0v) is 14.9. The van der Waals surface area contributed by atoms with Crippen LogP contribution in [-0.2, 0) is 14.0 Å². The molecular weight excluding hydrogens is 272 g/mol. The average Bonchev–Trinajstić information content (AvgIpc) is 2.32. The molecule has 0 unspecified atom stereocenters. The molecule has 0 atom stereocenters. The molecule has 118 valence electrons. The maximum absolute atomic E-state index is 12.1.